The van der Waals surface area contributed by atoms with Crippen LogP contribution in [0, 0.1) is 17.8 Å². The summed E-state index contributed by atoms with van der Waals surface area (Å²) in [6.07, 6.45) is 12.4. The Balaban J connectivity index is 1.37. The lowest BCUT2D eigenvalue weighted by molar-refractivity contribution is -0.0207. The van der Waals surface area contributed by atoms with Gasteiger partial charge in [-0.1, -0.05) is 11.6 Å². The quantitative estimate of drug-likeness (QED) is 0.825. The molecule has 6 rings (SSSR count). The molecule has 0 spiro atoms. The minimum Gasteiger partial charge on any atom is -0.317 e. The molecule has 4 aliphatic carbocycles. The highest BCUT2D eigenvalue weighted by Gasteiger charge is 2.50. The highest BCUT2D eigenvalue weighted by molar-refractivity contribution is 6.31. The van der Waals surface area contributed by atoms with Crippen molar-refractivity contribution in [3.63, 3.8) is 0 Å². The van der Waals surface area contributed by atoms with E-state index in [1.807, 2.05) is 12.1 Å². The van der Waals surface area contributed by atoms with Gasteiger partial charge in [0, 0.05) is 30.2 Å². The Hall–Kier alpha value is -1.32. The molecule has 0 aromatic carbocycles. The molecule has 0 unspecified atom stereocenters. The fraction of sp³-hybridized carbons (Fsp3) is 0.550. The minimum absolute atomic E-state index is 0.391. The number of pyridine rings is 1. The third-order valence-corrected chi connectivity index (χ3v) is 6.81. The molecular weight excluding hydrogens is 318 g/mol. The predicted molar refractivity (Wildman–Crippen MR) is 96.3 cm³/mol. The Bertz CT molecular complexity index is 716. The molecule has 4 saturated carbocycles. The summed E-state index contributed by atoms with van der Waals surface area (Å²) >= 11 is 6.29. The fourth-order valence-electron chi connectivity index (χ4n) is 5.96. The number of halogens is 1. The summed E-state index contributed by atoms with van der Waals surface area (Å²) in [5.41, 5.74) is 2.62. The largest absolute Gasteiger partial charge is 0.317 e. The lowest BCUT2D eigenvalue weighted by Crippen LogP contribution is -2.58. The SMILES string of the molecule is Clc1ncccc1-n1cccc1CNC12CC3CC(CC(C3)C1)C2. The van der Waals surface area contributed by atoms with Crippen molar-refractivity contribution < 1.29 is 0 Å². The number of nitrogens with zero attached hydrogens (tertiary/aromatic N) is 2. The Morgan fingerprint density at radius 1 is 1.08 bits per heavy atom. The third-order valence-electron chi connectivity index (χ3n) is 6.51. The van der Waals surface area contributed by atoms with E-state index in [0.717, 1.165) is 30.0 Å². The van der Waals surface area contributed by atoms with E-state index in [0.29, 0.717) is 10.7 Å². The van der Waals surface area contributed by atoms with Crippen molar-refractivity contribution in [1.29, 1.82) is 0 Å². The van der Waals surface area contributed by atoms with Crippen LogP contribution in [0.4, 0.5) is 0 Å². The number of hydrogen-bond acceptors (Lipinski definition) is 2. The lowest BCUT2D eigenvalue weighted by Gasteiger charge is -2.57. The lowest BCUT2D eigenvalue weighted by atomic mass is 9.53. The van der Waals surface area contributed by atoms with E-state index in [-0.39, 0.29) is 0 Å². The maximum absolute atomic E-state index is 6.29. The van der Waals surface area contributed by atoms with Crippen LogP contribution in [0.2, 0.25) is 5.15 Å². The van der Waals surface area contributed by atoms with Gasteiger partial charge >= 0.3 is 0 Å². The minimum atomic E-state index is 0.391. The van der Waals surface area contributed by atoms with E-state index in [2.05, 4.69) is 33.2 Å². The molecule has 2 aromatic rings. The zero-order valence-electron chi connectivity index (χ0n) is 13.9. The molecule has 0 atom stereocenters. The normalized spacial score (nSPS) is 34.0. The molecule has 3 nitrogen and oxygen atoms in total. The zero-order valence-corrected chi connectivity index (χ0v) is 14.7. The summed E-state index contributed by atoms with van der Waals surface area (Å²) in [7, 11) is 0. The fourth-order valence-corrected chi connectivity index (χ4v) is 6.17. The molecule has 0 radical (unpaired) electrons. The number of hydrogen-bond donors (Lipinski definition) is 1. The van der Waals surface area contributed by atoms with Crippen LogP contribution in [-0.2, 0) is 6.54 Å². The Labute approximate surface area is 148 Å². The molecule has 126 valence electrons. The van der Waals surface area contributed by atoms with Crippen LogP contribution in [0.15, 0.2) is 36.7 Å². The standard InChI is InChI=1S/C20H24ClN3/c21-19-18(4-1-5-22-19)24-6-2-3-17(24)13-23-20-10-14-7-15(11-20)9-16(8-14)12-20/h1-6,14-16,23H,7-13H2. The van der Waals surface area contributed by atoms with Crippen LogP contribution in [-0.4, -0.2) is 15.1 Å². The van der Waals surface area contributed by atoms with E-state index in [1.165, 1.54) is 44.2 Å². The van der Waals surface area contributed by atoms with Crippen LogP contribution in [0.5, 0.6) is 0 Å². The van der Waals surface area contributed by atoms with E-state index in [9.17, 15) is 0 Å². The zero-order chi connectivity index (χ0) is 16.1. The third kappa shape index (κ3) is 2.49. The van der Waals surface area contributed by atoms with Gasteiger partial charge in [0.05, 0.1) is 5.69 Å². The highest BCUT2D eigenvalue weighted by Crippen LogP contribution is 2.55. The Morgan fingerprint density at radius 3 is 2.46 bits per heavy atom. The molecule has 0 aliphatic heterocycles. The van der Waals surface area contributed by atoms with Gasteiger partial charge in [0.1, 0.15) is 0 Å². The second-order valence-corrected chi connectivity index (χ2v) is 8.59. The number of aromatic nitrogens is 2. The first kappa shape index (κ1) is 15.0. The first-order valence-electron chi connectivity index (χ1n) is 9.23. The van der Waals surface area contributed by atoms with Gasteiger partial charge in [-0.25, -0.2) is 4.98 Å². The molecule has 4 bridgehead atoms. The van der Waals surface area contributed by atoms with Crippen LogP contribution in [0.1, 0.15) is 44.2 Å². The second-order valence-electron chi connectivity index (χ2n) is 8.23. The Morgan fingerprint density at radius 2 is 1.79 bits per heavy atom. The van der Waals surface area contributed by atoms with Crippen LogP contribution < -0.4 is 5.32 Å². The number of nitrogens with one attached hydrogen (secondary N) is 1. The predicted octanol–water partition coefficient (Wildman–Crippen LogP) is 4.58. The number of rotatable bonds is 4. The molecule has 1 N–H and O–H groups in total. The van der Waals surface area contributed by atoms with Crippen molar-refractivity contribution >= 4 is 11.6 Å². The molecule has 4 aliphatic rings. The molecule has 24 heavy (non-hydrogen) atoms. The van der Waals surface area contributed by atoms with E-state index in [1.54, 1.807) is 6.20 Å². The summed E-state index contributed by atoms with van der Waals surface area (Å²) in [6.45, 7) is 0.907. The smallest absolute Gasteiger partial charge is 0.152 e. The maximum atomic E-state index is 6.29. The average Bonchev–Trinajstić information content (AvgIpc) is 3.00. The van der Waals surface area contributed by atoms with Crippen molar-refractivity contribution in [3.8, 4) is 5.69 Å². The van der Waals surface area contributed by atoms with Gasteiger partial charge in [-0.3, -0.25) is 0 Å². The van der Waals surface area contributed by atoms with Gasteiger partial charge in [0.25, 0.3) is 0 Å². The van der Waals surface area contributed by atoms with E-state index >= 15 is 0 Å². The van der Waals surface area contributed by atoms with Crippen LogP contribution in [0.3, 0.4) is 0 Å². The van der Waals surface area contributed by atoms with Crippen molar-refractivity contribution in [2.45, 2.75) is 50.6 Å². The molecule has 0 saturated heterocycles. The molecule has 2 heterocycles. The maximum Gasteiger partial charge on any atom is 0.152 e. The molecular formula is C20H24ClN3. The van der Waals surface area contributed by atoms with Crippen molar-refractivity contribution in [2.75, 3.05) is 0 Å². The van der Waals surface area contributed by atoms with Crippen molar-refractivity contribution in [2.24, 2.45) is 17.8 Å². The summed E-state index contributed by atoms with van der Waals surface area (Å²) in [5, 5.41) is 4.53. The second kappa shape index (κ2) is 5.60. The van der Waals surface area contributed by atoms with Crippen LogP contribution in [0.25, 0.3) is 5.69 Å². The van der Waals surface area contributed by atoms with Gasteiger partial charge in [-0.15, -0.1) is 0 Å². The first-order valence-corrected chi connectivity index (χ1v) is 9.61. The van der Waals surface area contributed by atoms with Gasteiger partial charge in [-0.2, -0.15) is 0 Å². The summed E-state index contributed by atoms with van der Waals surface area (Å²) in [6, 6.07) is 8.26. The van der Waals surface area contributed by atoms with Gasteiger partial charge in [0.15, 0.2) is 5.15 Å². The van der Waals surface area contributed by atoms with Crippen molar-refractivity contribution in [3.05, 3.63) is 47.5 Å². The van der Waals surface area contributed by atoms with Gasteiger partial charge in [0.2, 0.25) is 0 Å². The summed E-state index contributed by atoms with van der Waals surface area (Å²) in [4.78, 5) is 4.21. The van der Waals surface area contributed by atoms with Crippen LogP contribution >= 0.6 is 11.6 Å². The molecule has 2 aromatic heterocycles. The highest BCUT2D eigenvalue weighted by atomic mass is 35.5. The molecule has 4 heteroatoms. The summed E-state index contributed by atoms with van der Waals surface area (Å²) in [5.74, 6) is 2.93. The first-order chi connectivity index (χ1) is 11.7. The Kier molecular flexibility index (Phi) is 3.50. The van der Waals surface area contributed by atoms with Gasteiger partial charge < -0.3 is 9.88 Å². The topological polar surface area (TPSA) is 29.9 Å². The van der Waals surface area contributed by atoms with E-state index < -0.39 is 0 Å². The molecule has 4 fully saturated rings. The van der Waals surface area contributed by atoms with E-state index in [4.69, 9.17) is 11.6 Å². The average molecular weight is 342 g/mol. The summed E-state index contributed by atoms with van der Waals surface area (Å²) < 4.78 is 2.17. The van der Waals surface area contributed by atoms with Gasteiger partial charge in [-0.05, 0) is 80.5 Å². The van der Waals surface area contributed by atoms with Crippen molar-refractivity contribution in [1.82, 2.24) is 14.9 Å². The monoisotopic (exact) mass is 341 g/mol. The molecule has 0 amide bonds.